The van der Waals surface area contributed by atoms with E-state index >= 15 is 0 Å². The summed E-state index contributed by atoms with van der Waals surface area (Å²) in [6.07, 6.45) is -4.63. The van der Waals surface area contributed by atoms with E-state index in [0.717, 1.165) is 11.1 Å². The van der Waals surface area contributed by atoms with Crippen LogP contribution in [0.3, 0.4) is 0 Å². The Hall–Kier alpha value is -2.31. The van der Waals surface area contributed by atoms with Crippen molar-refractivity contribution in [3.63, 3.8) is 0 Å². The molecule has 0 radical (unpaired) electrons. The summed E-state index contributed by atoms with van der Waals surface area (Å²) in [5, 5.41) is 2.56. The highest BCUT2D eigenvalue weighted by Gasteiger charge is 2.35. The van der Waals surface area contributed by atoms with Gasteiger partial charge in [0, 0.05) is 13.1 Å². The quantitative estimate of drug-likeness (QED) is 0.932. The SMILES string of the molecule is CNc1cc(Oc2ccc(C)c(C)c2)nc(C(F)(F)F)n1. The molecule has 0 atom stereocenters. The number of anilines is 1. The monoisotopic (exact) mass is 297 g/mol. The van der Waals surface area contributed by atoms with E-state index in [9.17, 15) is 13.2 Å². The fraction of sp³-hybridized carbons (Fsp3) is 0.286. The van der Waals surface area contributed by atoms with Crippen LogP contribution in [0.5, 0.6) is 11.6 Å². The number of aryl methyl sites for hydroxylation is 2. The molecule has 0 bridgehead atoms. The van der Waals surface area contributed by atoms with Crippen LogP contribution in [0.1, 0.15) is 17.0 Å². The van der Waals surface area contributed by atoms with E-state index in [1.807, 2.05) is 19.9 Å². The summed E-state index contributed by atoms with van der Waals surface area (Å²) >= 11 is 0. The molecular formula is C14H14F3N3O. The van der Waals surface area contributed by atoms with Crippen LogP contribution in [0.15, 0.2) is 24.3 Å². The van der Waals surface area contributed by atoms with Crippen LogP contribution < -0.4 is 10.1 Å². The lowest BCUT2D eigenvalue weighted by molar-refractivity contribution is -0.145. The molecule has 0 aliphatic carbocycles. The molecule has 0 amide bonds. The first kappa shape index (κ1) is 15.1. The first-order valence-electron chi connectivity index (χ1n) is 6.19. The third-order valence-electron chi connectivity index (χ3n) is 2.91. The molecule has 7 heteroatoms. The minimum atomic E-state index is -4.63. The van der Waals surface area contributed by atoms with Gasteiger partial charge in [-0.25, -0.2) is 4.98 Å². The lowest BCUT2D eigenvalue weighted by atomic mass is 10.1. The van der Waals surface area contributed by atoms with Crippen molar-refractivity contribution in [2.24, 2.45) is 0 Å². The van der Waals surface area contributed by atoms with Gasteiger partial charge in [0.15, 0.2) is 0 Å². The molecule has 0 aliphatic heterocycles. The van der Waals surface area contributed by atoms with Crippen LogP contribution in [0.2, 0.25) is 0 Å². The number of hydrogen-bond acceptors (Lipinski definition) is 4. The zero-order valence-corrected chi connectivity index (χ0v) is 11.7. The van der Waals surface area contributed by atoms with Gasteiger partial charge in [-0.2, -0.15) is 18.2 Å². The number of nitrogens with zero attached hydrogens (tertiary/aromatic N) is 2. The second-order valence-corrected chi connectivity index (χ2v) is 4.51. The van der Waals surface area contributed by atoms with Crippen molar-refractivity contribution >= 4 is 5.82 Å². The number of rotatable bonds is 3. The first-order chi connectivity index (χ1) is 9.79. The zero-order valence-electron chi connectivity index (χ0n) is 11.7. The van der Waals surface area contributed by atoms with E-state index in [1.165, 1.54) is 13.1 Å². The van der Waals surface area contributed by atoms with Crippen molar-refractivity contribution in [1.82, 2.24) is 9.97 Å². The summed E-state index contributed by atoms with van der Waals surface area (Å²) < 4.78 is 43.6. The Balaban J connectivity index is 2.36. The molecule has 1 aromatic heterocycles. The molecule has 1 N–H and O–H groups in total. The van der Waals surface area contributed by atoms with Crippen LogP contribution in [0.4, 0.5) is 19.0 Å². The van der Waals surface area contributed by atoms with Gasteiger partial charge >= 0.3 is 6.18 Å². The van der Waals surface area contributed by atoms with E-state index in [1.54, 1.807) is 12.1 Å². The summed E-state index contributed by atoms with van der Waals surface area (Å²) in [5.41, 5.74) is 2.04. The molecule has 112 valence electrons. The molecule has 0 saturated heterocycles. The summed E-state index contributed by atoms with van der Waals surface area (Å²) in [4.78, 5) is 6.77. The summed E-state index contributed by atoms with van der Waals surface area (Å²) in [5.74, 6) is -0.943. The number of benzene rings is 1. The average Bonchev–Trinajstić information content (AvgIpc) is 2.41. The number of ether oxygens (including phenoxy) is 1. The van der Waals surface area contributed by atoms with E-state index in [4.69, 9.17) is 4.74 Å². The predicted octanol–water partition coefficient (Wildman–Crippen LogP) is 3.95. The maximum absolute atomic E-state index is 12.7. The van der Waals surface area contributed by atoms with Gasteiger partial charge < -0.3 is 10.1 Å². The molecule has 0 saturated carbocycles. The van der Waals surface area contributed by atoms with Crippen molar-refractivity contribution in [2.75, 3.05) is 12.4 Å². The summed E-state index contributed by atoms with van der Waals surface area (Å²) in [6.45, 7) is 3.83. The number of hydrogen-bond donors (Lipinski definition) is 1. The summed E-state index contributed by atoms with van der Waals surface area (Å²) in [7, 11) is 1.47. The highest BCUT2D eigenvalue weighted by atomic mass is 19.4. The second kappa shape index (κ2) is 5.59. The van der Waals surface area contributed by atoms with Crippen LogP contribution in [-0.2, 0) is 6.18 Å². The molecule has 21 heavy (non-hydrogen) atoms. The Kier molecular flexibility index (Phi) is 4.02. The number of halogens is 3. The minimum absolute atomic E-state index is 0.0381. The Labute approximate surface area is 120 Å². The zero-order chi connectivity index (χ0) is 15.6. The predicted molar refractivity (Wildman–Crippen MR) is 72.6 cm³/mol. The maximum Gasteiger partial charge on any atom is 0.451 e. The molecular weight excluding hydrogens is 283 g/mol. The number of aromatic nitrogens is 2. The highest BCUT2D eigenvalue weighted by Crippen LogP contribution is 2.30. The van der Waals surface area contributed by atoms with Crippen molar-refractivity contribution < 1.29 is 17.9 Å². The highest BCUT2D eigenvalue weighted by molar-refractivity contribution is 5.41. The minimum Gasteiger partial charge on any atom is -0.439 e. The number of nitrogens with one attached hydrogen (secondary N) is 1. The largest absolute Gasteiger partial charge is 0.451 e. The molecule has 2 rings (SSSR count). The van der Waals surface area contributed by atoms with E-state index < -0.39 is 12.0 Å². The van der Waals surface area contributed by atoms with Gasteiger partial charge in [-0.15, -0.1) is 0 Å². The van der Waals surface area contributed by atoms with E-state index in [0.29, 0.717) is 5.75 Å². The second-order valence-electron chi connectivity index (χ2n) is 4.51. The van der Waals surface area contributed by atoms with Crippen molar-refractivity contribution in [2.45, 2.75) is 20.0 Å². The van der Waals surface area contributed by atoms with Crippen molar-refractivity contribution in [1.29, 1.82) is 0 Å². The van der Waals surface area contributed by atoms with E-state index in [2.05, 4.69) is 15.3 Å². The standard InChI is InChI=1S/C14H14F3N3O/c1-8-4-5-10(6-9(8)2)21-12-7-11(18-3)19-13(20-12)14(15,16)17/h4-7H,1-3H3,(H,18,19,20). The molecule has 0 fully saturated rings. The van der Waals surface area contributed by atoms with Crippen LogP contribution >= 0.6 is 0 Å². The summed E-state index contributed by atoms with van der Waals surface area (Å²) in [6, 6.07) is 6.56. The Morgan fingerprint density at radius 3 is 2.33 bits per heavy atom. The maximum atomic E-state index is 12.7. The van der Waals surface area contributed by atoms with Gasteiger partial charge in [-0.3, -0.25) is 0 Å². The molecule has 0 spiro atoms. The number of alkyl halides is 3. The van der Waals surface area contributed by atoms with Gasteiger partial charge in [0.2, 0.25) is 11.7 Å². The Morgan fingerprint density at radius 2 is 1.76 bits per heavy atom. The van der Waals surface area contributed by atoms with Gasteiger partial charge in [0.25, 0.3) is 0 Å². The van der Waals surface area contributed by atoms with Gasteiger partial charge in [-0.1, -0.05) is 6.07 Å². The first-order valence-corrected chi connectivity index (χ1v) is 6.19. The fourth-order valence-corrected chi connectivity index (χ4v) is 1.63. The van der Waals surface area contributed by atoms with Crippen molar-refractivity contribution in [3.05, 3.63) is 41.2 Å². The van der Waals surface area contributed by atoms with Crippen LogP contribution in [-0.4, -0.2) is 17.0 Å². The average molecular weight is 297 g/mol. The lowest BCUT2D eigenvalue weighted by Gasteiger charge is -2.11. The van der Waals surface area contributed by atoms with Gasteiger partial charge in [0.1, 0.15) is 11.6 Å². The van der Waals surface area contributed by atoms with Crippen LogP contribution in [0.25, 0.3) is 0 Å². The molecule has 4 nitrogen and oxygen atoms in total. The molecule has 0 aliphatic rings. The molecule has 1 heterocycles. The fourth-order valence-electron chi connectivity index (χ4n) is 1.63. The third kappa shape index (κ3) is 3.62. The molecule has 0 unspecified atom stereocenters. The smallest absolute Gasteiger partial charge is 0.439 e. The van der Waals surface area contributed by atoms with Crippen LogP contribution in [0, 0.1) is 13.8 Å². The normalized spacial score (nSPS) is 11.3. The molecule has 2 aromatic rings. The third-order valence-corrected chi connectivity index (χ3v) is 2.91. The van der Waals surface area contributed by atoms with Crippen molar-refractivity contribution in [3.8, 4) is 11.6 Å². The molecule has 1 aromatic carbocycles. The Morgan fingerprint density at radius 1 is 1.05 bits per heavy atom. The Bertz CT molecular complexity index is 656. The van der Waals surface area contributed by atoms with Gasteiger partial charge in [-0.05, 0) is 37.1 Å². The van der Waals surface area contributed by atoms with E-state index in [-0.39, 0.29) is 11.7 Å². The topological polar surface area (TPSA) is 47.0 Å². The lowest BCUT2D eigenvalue weighted by Crippen LogP contribution is -2.12. The van der Waals surface area contributed by atoms with Gasteiger partial charge in [0.05, 0.1) is 0 Å².